The van der Waals surface area contributed by atoms with E-state index >= 15 is 0 Å². The van der Waals surface area contributed by atoms with E-state index in [1.165, 1.54) is 25.7 Å². The molecule has 1 aromatic heterocycles. The second-order valence-electron chi connectivity index (χ2n) is 8.39. The van der Waals surface area contributed by atoms with Crippen LogP contribution in [0.25, 0.3) is 0 Å². The second kappa shape index (κ2) is 10.0. The lowest BCUT2D eigenvalue weighted by atomic mass is 10.1. The number of aromatic nitrogens is 2. The average molecular weight is 434 g/mol. The van der Waals surface area contributed by atoms with E-state index in [0.717, 1.165) is 25.0 Å². The van der Waals surface area contributed by atoms with Crippen LogP contribution in [0.2, 0.25) is 0 Å². The van der Waals surface area contributed by atoms with Crippen molar-refractivity contribution in [2.75, 3.05) is 19.8 Å². The maximum Gasteiger partial charge on any atom is 0.245 e. The molecule has 0 N–H and O–H groups in total. The summed E-state index contributed by atoms with van der Waals surface area (Å²) in [5, 5.41) is 4.07. The molecular formula is C22H31N3O4S. The highest BCUT2D eigenvalue weighted by Crippen LogP contribution is 2.33. The molecule has 4 rings (SSSR count). The SMILES string of the molecule is O=S(=O)(Cc1ccccc1)N1CCCCC1c1nc(CCOCC2CCCC2)no1. The summed E-state index contributed by atoms with van der Waals surface area (Å²) in [5.41, 5.74) is 0.785. The summed E-state index contributed by atoms with van der Waals surface area (Å²) in [4.78, 5) is 4.51. The molecule has 2 fully saturated rings. The Morgan fingerprint density at radius 2 is 1.83 bits per heavy atom. The first-order valence-corrected chi connectivity index (χ1v) is 12.7. The van der Waals surface area contributed by atoms with Gasteiger partial charge in [-0.25, -0.2) is 8.42 Å². The molecule has 2 heterocycles. The Bertz CT molecular complexity index is 894. The molecule has 30 heavy (non-hydrogen) atoms. The van der Waals surface area contributed by atoms with Gasteiger partial charge in [-0.2, -0.15) is 9.29 Å². The fourth-order valence-electron chi connectivity index (χ4n) is 4.45. The van der Waals surface area contributed by atoms with Crippen molar-refractivity contribution in [1.82, 2.24) is 14.4 Å². The summed E-state index contributed by atoms with van der Waals surface area (Å²) in [6.07, 6.45) is 8.24. The zero-order chi connectivity index (χ0) is 20.8. The van der Waals surface area contributed by atoms with Crippen molar-refractivity contribution in [2.24, 2.45) is 5.92 Å². The normalized spacial score (nSPS) is 21.3. The number of ether oxygens (including phenoxy) is 1. The zero-order valence-corrected chi connectivity index (χ0v) is 18.2. The third-order valence-corrected chi connectivity index (χ3v) is 7.92. The highest BCUT2D eigenvalue weighted by Gasteiger charge is 2.36. The Morgan fingerprint density at radius 3 is 2.63 bits per heavy atom. The van der Waals surface area contributed by atoms with Gasteiger partial charge < -0.3 is 9.26 Å². The molecule has 0 amide bonds. The predicted molar refractivity (Wildman–Crippen MR) is 113 cm³/mol. The maximum absolute atomic E-state index is 13.1. The van der Waals surface area contributed by atoms with Crippen molar-refractivity contribution < 1.29 is 17.7 Å². The van der Waals surface area contributed by atoms with Crippen molar-refractivity contribution in [3.63, 3.8) is 0 Å². The van der Waals surface area contributed by atoms with Crippen LogP contribution in [0.4, 0.5) is 0 Å². The van der Waals surface area contributed by atoms with Crippen LogP contribution in [0, 0.1) is 5.92 Å². The number of rotatable bonds is 9. The van der Waals surface area contributed by atoms with Gasteiger partial charge in [-0.05, 0) is 37.2 Å². The molecule has 1 atom stereocenters. The van der Waals surface area contributed by atoms with Gasteiger partial charge >= 0.3 is 0 Å². The van der Waals surface area contributed by atoms with E-state index in [-0.39, 0.29) is 11.8 Å². The van der Waals surface area contributed by atoms with Gasteiger partial charge in [0.05, 0.1) is 12.4 Å². The molecule has 1 unspecified atom stereocenters. The summed E-state index contributed by atoms with van der Waals surface area (Å²) in [6.45, 7) is 1.86. The van der Waals surface area contributed by atoms with Crippen molar-refractivity contribution in [1.29, 1.82) is 0 Å². The fraction of sp³-hybridized carbons (Fsp3) is 0.636. The lowest BCUT2D eigenvalue weighted by Crippen LogP contribution is -2.39. The number of hydrogen-bond donors (Lipinski definition) is 0. The minimum Gasteiger partial charge on any atom is -0.381 e. The van der Waals surface area contributed by atoms with Crippen LogP contribution in [0.1, 0.15) is 68.3 Å². The summed E-state index contributed by atoms with van der Waals surface area (Å²) in [6, 6.07) is 8.90. The molecule has 0 spiro atoms. The molecule has 2 aliphatic rings. The minimum absolute atomic E-state index is 0.0136. The van der Waals surface area contributed by atoms with Gasteiger partial charge in [-0.3, -0.25) is 0 Å². The number of hydrogen-bond acceptors (Lipinski definition) is 6. The molecule has 1 aliphatic heterocycles. The van der Waals surface area contributed by atoms with Crippen LogP contribution in [0.3, 0.4) is 0 Å². The Kier molecular flexibility index (Phi) is 7.17. The van der Waals surface area contributed by atoms with Crippen molar-refractivity contribution in [3.05, 3.63) is 47.6 Å². The topological polar surface area (TPSA) is 85.5 Å². The first-order chi connectivity index (χ1) is 14.6. The highest BCUT2D eigenvalue weighted by molar-refractivity contribution is 7.88. The van der Waals surface area contributed by atoms with Gasteiger partial charge in [-0.15, -0.1) is 0 Å². The molecule has 1 aromatic carbocycles. The van der Waals surface area contributed by atoms with Crippen molar-refractivity contribution in [3.8, 4) is 0 Å². The van der Waals surface area contributed by atoms with E-state index < -0.39 is 10.0 Å². The van der Waals surface area contributed by atoms with Crippen LogP contribution >= 0.6 is 0 Å². The fourth-order valence-corrected chi connectivity index (χ4v) is 6.22. The number of benzene rings is 1. The first kappa shape index (κ1) is 21.5. The van der Waals surface area contributed by atoms with E-state index in [0.29, 0.717) is 43.6 Å². The number of sulfonamides is 1. The quantitative estimate of drug-likeness (QED) is 0.558. The lowest BCUT2D eigenvalue weighted by Gasteiger charge is -2.32. The van der Waals surface area contributed by atoms with Crippen molar-refractivity contribution in [2.45, 2.75) is 63.2 Å². The Balaban J connectivity index is 1.36. The Morgan fingerprint density at radius 1 is 1.07 bits per heavy atom. The minimum atomic E-state index is -3.47. The van der Waals surface area contributed by atoms with Gasteiger partial charge in [0.15, 0.2) is 5.82 Å². The van der Waals surface area contributed by atoms with E-state index in [9.17, 15) is 8.42 Å². The summed E-state index contributed by atoms with van der Waals surface area (Å²) in [7, 11) is -3.47. The van der Waals surface area contributed by atoms with Gasteiger partial charge in [0.1, 0.15) is 6.04 Å². The third-order valence-electron chi connectivity index (χ3n) is 6.07. The monoisotopic (exact) mass is 433 g/mol. The molecule has 7 nitrogen and oxygen atoms in total. The number of piperidine rings is 1. The molecule has 164 valence electrons. The lowest BCUT2D eigenvalue weighted by molar-refractivity contribution is 0.102. The van der Waals surface area contributed by atoms with Crippen LogP contribution in [-0.4, -0.2) is 42.6 Å². The predicted octanol–water partition coefficient (Wildman–Crippen LogP) is 3.88. The summed E-state index contributed by atoms with van der Waals surface area (Å²) < 4.78 is 39.0. The highest BCUT2D eigenvalue weighted by atomic mass is 32.2. The first-order valence-electron chi connectivity index (χ1n) is 11.1. The maximum atomic E-state index is 13.1. The molecule has 0 bridgehead atoms. The molecule has 8 heteroatoms. The zero-order valence-electron chi connectivity index (χ0n) is 17.4. The van der Waals surface area contributed by atoms with E-state index in [4.69, 9.17) is 9.26 Å². The molecule has 1 saturated heterocycles. The summed E-state index contributed by atoms with van der Waals surface area (Å²) in [5.74, 6) is 1.66. The van der Waals surface area contributed by atoms with Crippen LogP contribution in [0.15, 0.2) is 34.9 Å². The summed E-state index contributed by atoms with van der Waals surface area (Å²) >= 11 is 0. The van der Waals surface area contributed by atoms with Crippen molar-refractivity contribution >= 4 is 10.0 Å². The van der Waals surface area contributed by atoms with Crippen LogP contribution in [-0.2, 0) is 26.9 Å². The third kappa shape index (κ3) is 5.47. The van der Waals surface area contributed by atoms with Gasteiger partial charge in [-0.1, -0.05) is 54.8 Å². The van der Waals surface area contributed by atoms with E-state index in [1.54, 1.807) is 4.31 Å². The molecule has 1 saturated carbocycles. The molecule has 0 radical (unpaired) electrons. The molecule has 1 aliphatic carbocycles. The smallest absolute Gasteiger partial charge is 0.245 e. The standard InChI is InChI=1S/C22H31N3O4S/c26-30(27,17-19-10-2-1-3-11-19)25-14-7-6-12-20(25)22-23-21(24-29-22)13-15-28-16-18-8-4-5-9-18/h1-3,10-11,18,20H,4-9,12-17H2. The largest absolute Gasteiger partial charge is 0.381 e. The average Bonchev–Trinajstić information content (AvgIpc) is 3.44. The van der Waals surface area contributed by atoms with Gasteiger partial charge in [0.25, 0.3) is 0 Å². The Hall–Kier alpha value is -1.77. The molecule has 2 aromatic rings. The van der Waals surface area contributed by atoms with Crippen LogP contribution < -0.4 is 0 Å². The van der Waals surface area contributed by atoms with E-state index in [2.05, 4.69) is 10.1 Å². The van der Waals surface area contributed by atoms with Crippen LogP contribution in [0.5, 0.6) is 0 Å². The Labute approximate surface area is 178 Å². The molecular weight excluding hydrogens is 402 g/mol. The van der Waals surface area contributed by atoms with Gasteiger partial charge in [0, 0.05) is 19.6 Å². The second-order valence-corrected chi connectivity index (χ2v) is 10.3. The van der Waals surface area contributed by atoms with Gasteiger partial charge in [0.2, 0.25) is 15.9 Å². The van der Waals surface area contributed by atoms with E-state index in [1.807, 2.05) is 30.3 Å². The number of nitrogens with zero attached hydrogens (tertiary/aromatic N) is 3.